The van der Waals surface area contributed by atoms with Crippen LogP contribution in [0.1, 0.15) is 24.3 Å². The van der Waals surface area contributed by atoms with Gasteiger partial charge in [-0.05, 0) is 37.4 Å². The highest BCUT2D eigenvalue weighted by Gasteiger charge is 2.28. The van der Waals surface area contributed by atoms with Gasteiger partial charge in [-0.2, -0.15) is 0 Å². The van der Waals surface area contributed by atoms with E-state index in [2.05, 4.69) is 29.2 Å². The number of carbonyl (C=O) groups excluding carboxylic acids is 1. The van der Waals surface area contributed by atoms with Gasteiger partial charge < -0.3 is 5.11 Å². The highest BCUT2D eigenvalue weighted by atomic mass is 16.7. The van der Waals surface area contributed by atoms with Crippen LogP contribution in [0, 0.1) is 0 Å². The van der Waals surface area contributed by atoms with E-state index in [0.29, 0.717) is 19.0 Å². The van der Waals surface area contributed by atoms with Crippen molar-refractivity contribution in [1.82, 2.24) is 9.96 Å². The predicted molar refractivity (Wildman–Crippen MR) is 78.5 cm³/mol. The summed E-state index contributed by atoms with van der Waals surface area (Å²) in [6, 6.07) is 10.6. The maximum Gasteiger partial charge on any atom is 0.260 e. The van der Waals surface area contributed by atoms with E-state index in [1.54, 1.807) is 0 Å². The second-order valence-electron chi connectivity index (χ2n) is 5.87. The van der Waals surface area contributed by atoms with E-state index in [1.165, 1.54) is 10.6 Å². The molecule has 5 nitrogen and oxygen atoms in total. The number of amides is 1. The lowest BCUT2D eigenvalue weighted by Crippen LogP contribution is -2.42. The molecule has 1 N–H and O–H groups in total. The summed E-state index contributed by atoms with van der Waals surface area (Å²) in [6.45, 7) is 2.76. The highest BCUT2D eigenvalue weighted by molar-refractivity contribution is 5.77. The molecule has 0 aromatic heterocycles. The van der Waals surface area contributed by atoms with Crippen LogP contribution in [-0.4, -0.2) is 59.9 Å². The molecular weight excluding hydrogens is 268 g/mol. The van der Waals surface area contributed by atoms with Crippen LogP contribution < -0.4 is 0 Å². The van der Waals surface area contributed by atoms with Crippen molar-refractivity contribution >= 4 is 5.91 Å². The summed E-state index contributed by atoms with van der Waals surface area (Å²) in [4.78, 5) is 19.4. The fourth-order valence-electron chi connectivity index (χ4n) is 3.07. The third-order valence-corrected chi connectivity index (χ3v) is 4.29. The van der Waals surface area contributed by atoms with Gasteiger partial charge in [0.2, 0.25) is 0 Å². The zero-order valence-corrected chi connectivity index (χ0v) is 12.1. The van der Waals surface area contributed by atoms with Crippen LogP contribution >= 0.6 is 0 Å². The smallest absolute Gasteiger partial charge is 0.260 e. The standard InChI is InChI=1S/C16H22N2O3/c19-15-10-18(21-12-15)16(20)11-17-8-6-14(7-9-17)13-4-2-1-3-5-13/h1-5,14-15,19H,6-12H2. The Bertz CT molecular complexity index is 472. The molecule has 2 aliphatic heterocycles. The summed E-state index contributed by atoms with van der Waals surface area (Å²) in [5, 5.41) is 10.7. The highest BCUT2D eigenvalue weighted by Crippen LogP contribution is 2.27. The molecule has 0 radical (unpaired) electrons. The number of hydrogen-bond donors (Lipinski definition) is 1. The summed E-state index contributed by atoms with van der Waals surface area (Å²) < 4.78 is 0. The van der Waals surface area contributed by atoms with Gasteiger partial charge in [0.1, 0.15) is 6.61 Å². The molecule has 1 unspecified atom stereocenters. The van der Waals surface area contributed by atoms with E-state index < -0.39 is 6.10 Å². The summed E-state index contributed by atoms with van der Waals surface area (Å²) in [5.41, 5.74) is 1.40. The minimum absolute atomic E-state index is 0.0512. The quantitative estimate of drug-likeness (QED) is 0.902. The van der Waals surface area contributed by atoms with Gasteiger partial charge in [0.15, 0.2) is 0 Å². The maximum atomic E-state index is 12.1. The fraction of sp³-hybridized carbons (Fsp3) is 0.562. The molecule has 2 saturated heterocycles. The summed E-state index contributed by atoms with van der Waals surface area (Å²) in [6.07, 6.45) is 1.62. The normalized spacial score (nSPS) is 24.4. The van der Waals surface area contributed by atoms with Crippen molar-refractivity contribution in [2.75, 3.05) is 32.8 Å². The van der Waals surface area contributed by atoms with Crippen molar-refractivity contribution in [2.45, 2.75) is 24.9 Å². The zero-order chi connectivity index (χ0) is 14.7. The molecule has 3 rings (SSSR count). The summed E-state index contributed by atoms with van der Waals surface area (Å²) >= 11 is 0. The van der Waals surface area contributed by atoms with Crippen molar-refractivity contribution in [3.63, 3.8) is 0 Å². The lowest BCUT2D eigenvalue weighted by molar-refractivity contribution is -0.170. The van der Waals surface area contributed by atoms with Crippen LogP contribution in [0.2, 0.25) is 0 Å². The first-order chi connectivity index (χ1) is 10.2. The van der Waals surface area contributed by atoms with Crippen LogP contribution in [0.4, 0.5) is 0 Å². The van der Waals surface area contributed by atoms with E-state index in [0.717, 1.165) is 25.9 Å². The van der Waals surface area contributed by atoms with Crippen molar-refractivity contribution in [1.29, 1.82) is 0 Å². The molecule has 0 spiro atoms. The van der Waals surface area contributed by atoms with E-state index >= 15 is 0 Å². The number of carbonyl (C=O) groups is 1. The minimum atomic E-state index is -0.544. The molecule has 0 bridgehead atoms. The van der Waals surface area contributed by atoms with E-state index in [4.69, 9.17) is 4.84 Å². The average Bonchev–Trinajstić information content (AvgIpc) is 2.96. The van der Waals surface area contributed by atoms with Crippen molar-refractivity contribution in [3.05, 3.63) is 35.9 Å². The molecule has 2 aliphatic rings. The average molecular weight is 290 g/mol. The van der Waals surface area contributed by atoms with Crippen molar-refractivity contribution < 1.29 is 14.7 Å². The number of piperidine rings is 1. The van der Waals surface area contributed by atoms with Gasteiger partial charge in [-0.25, -0.2) is 5.06 Å². The number of likely N-dealkylation sites (tertiary alicyclic amines) is 1. The second-order valence-corrected chi connectivity index (χ2v) is 5.87. The lowest BCUT2D eigenvalue weighted by Gasteiger charge is -2.32. The largest absolute Gasteiger partial charge is 0.389 e. The van der Waals surface area contributed by atoms with Gasteiger partial charge in [0, 0.05) is 0 Å². The van der Waals surface area contributed by atoms with E-state index in [1.807, 2.05) is 6.07 Å². The predicted octanol–water partition coefficient (Wildman–Crippen LogP) is 1.00. The van der Waals surface area contributed by atoms with Crippen molar-refractivity contribution in [3.8, 4) is 0 Å². The Hall–Kier alpha value is -1.43. The molecule has 21 heavy (non-hydrogen) atoms. The molecule has 5 heteroatoms. The molecule has 1 aromatic carbocycles. The van der Waals surface area contributed by atoms with E-state index in [-0.39, 0.29) is 12.5 Å². The first kappa shape index (κ1) is 14.5. The number of hydroxylamine groups is 2. The van der Waals surface area contributed by atoms with Gasteiger partial charge >= 0.3 is 0 Å². The summed E-state index contributed by atoms with van der Waals surface area (Å²) in [7, 11) is 0. The van der Waals surface area contributed by atoms with Crippen LogP contribution in [0.25, 0.3) is 0 Å². The van der Waals surface area contributed by atoms with Crippen LogP contribution in [0.3, 0.4) is 0 Å². The van der Waals surface area contributed by atoms with Gasteiger partial charge in [0.25, 0.3) is 5.91 Å². The molecule has 2 fully saturated rings. The molecule has 1 amide bonds. The number of rotatable bonds is 3. The monoisotopic (exact) mass is 290 g/mol. The van der Waals surface area contributed by atoms with Crippen molar-refractivity contribution in [2.24, 2.45) is 0 Å². The lowest BCUT2D eigenvalue weighted by atomic mass is 9.89. The van der Waals surface area contributed by atoms with E-state index in [9.17, 15) is 9.90 Å². The molecule has 2 heterocycles. The van der Waals surface area contributed by atoms with Gasteiger partial charge in [-0.1, -0.05) is 30.3 Å². The van der Waals surface area contributed by atoms with Crippen LogP contribution in [0.5, 0.6) is 0 Å². The molecule has 1 atom stereocenters. The molecule has 0 saturated carbocycles. The Morgan fingerprint density at radius 3 is 2.57 bits per heavy atom. The first-order valence-corrected chi connectivity index (χ1v) is 7.61. The third-order valence-electron chi connectivity index (χ3n) is 4.29. The number of aliphatic hydroxyl groups excluding tert-OH is 1. The number of nitrogens with zero attached hydrogens (tertiary/aromatic N) is 2. The summed E-state index contributed by atoms with van der Waals surface area (Å²) in [5.74, 6) is 0.548. The Morgan fingerprint density at radius 2 is 1.95 bits per heavy atom. The minimum Gasteiger partial charge on any atom is -0.389 e. The Kier molecular flexibility index (Phi) is 4.53. The number of benzene rings is 1. The molecule has 114 valence electrons. The van der Waals surface area contributed by atoms with Gasteiger partial charge in [-0.15, -0.1) is 0 Å². The topological polar surface area (TPSA) is 53.0 Å². The van der Waals surface area contributed by atoms with Crippen LogP contribution in [0.15, 0.2) is 30.3 Å². The zero-order valence-electron chi connectivity index (χ0n) is 12.1. The third kappa shape index (κ3) is 3.61. The van der Waals surface area contributed by atoms with Crippen LogP contribution in [-0.2, 0) is 9.63 Å². The van der Waals surface area contributed by atoms with Gasteiger partial charge in [-0.3, -0.25) is 14.5 Å². The molecule has 1 aromatic rings. The SMILES string of the molecule is O=C(CN1CCC(c2ccccc2)CC1)N1CC(O)CO1. The Balaban J connectivity index is 1.47. The Morgan fingerprint density at radius 1 is 1.24 bits per heavy atom. The fourth-order valence-corrected chi connectivity index (χ4v) is 3.07. The number of β-amino-alcohol motifs (C(OH)–C–C–N with tert-alkyl or cyclic N) is 1. The second kappa shape index (κ2) is 6.56. The van der Waals surface area contributed by atoms with Gasteiger partial charge in [0.05, 0.1) is 19.2 Å². The molecule has 0 aliphatic carbocycles. The Labute approximate surface area is 125 Å². The number of aliphatic hydroxyl groups is 1. The maximum absolute atomic E-state index is 12.1. The molecular formula is C16H22N2O3. The first-order valence-electron chi connectivity index (χ1n) is 7.61. The number of hydrogen-bond acceptors (Lipinski definition) is 4.